The summed E-state index contributed by atoms with van der Waals surface area (Å²) in [4.78, 5) is 0. The minimum absolute atomic E-state index is 0.458. The Balaban J connectivity index is 2.51. The van der Waals surface area contributed by atoms with Crippen molar-refractivity contribution in [3.8, 4) is 16.3 Å². The Bertz CT molecular complexity index is 486. The number of rotatable bonds is 2. The largest absolute Gasteiger partial charge is 0.497 e. The van der Waals surface area contributed by atoms with E-state index >= 15 is 0 Å². The molecule has 0 bridgehead atoms. The Kier molecular flexibility index (Phi) is 2.88. The van der Waals surface area contributed by atoms with Gasteiger partial charge in [0.15, 0.2) is 5.01 Å². The first-order valence-electron chi connectivity index (χ1n) is 4.13. The third kappa shape index (κ3) is 2.10. The summed E-state index contributed by atoms with van der Waals surface area (Å²) >= 11 is 4.79. The first-order chi connectivity index (χ1) is 7.20. The summed E-state index contributed by atoms with van der Waals surface area (Å²) in [6, 6.07) is 5.67. The maximum Gasteiger partial charge on any atom is 0.203 e. The van der Waals surface area contributed by atoms with Crippen LogP contribution in [0.5, 0.6) is 5.75 Å². The highest BCUT2D eigenvalue weighted by Gasteiger charge is 2.09. The van der Waals surface area contributed by atoms with Gasteiger partial charge in [0, 0.05) is 10.0 Å². The predicted molar refractivity (Wildman–Crippen MR) is 64.0 cm³/mol. The summed E-state index contributed by atoms with van der Waals surface area (Å²) in [5.74, 6) is 0.780. The molecule has 6 heteroatoms. The lowest BCUT2D eigenvalue weighted by atomic mass is 10.2. The second kappa shape index (κ2) is 4.16. The summed E-state index contributed by atoms with van der Waals surface area (Å²) in [5.41, 5.74) is 6.47. The van der Waals surface area contributed by atoms with Crippen molar-refractivity contribution in [2.75, 3.05) is 12.8 Å². The zero-order valence-electron chi connectivity index (χ0n) is 7.90. The normalized spacial score (nSPS) is 10.3. The molecule has 0 saturated carbocycles. The molecule has 2 N–H and O–H groups in total. The fraction of sp³-hybridized carbons (Fsp3) is 0.111. The van der Waals surface area contributed by atoms with Gasteiger partial charge in [-0.25, -0.2) is 0 Å². The van der Waals surface area contributed by atoms with Gasteiger partial charge in [0.05, 0.1) is 7.11 Å². The highest BCUT2D eigenvalue weighted by atomic mass is 79.9. The number of aromatic nitrogens is 2. The summed E-state index contributed by atoms with van der Waals surface area (Å²) in [6.07, 6.45) is 0. The van der Waals surface area contributed by atoms with E-state index in [-0.39, 0.29) is 0 Å². The summed E-state index contributed by atoms with van der Waals surface area (Å²) < 4.78 is 6.09. The second-order valence-corrected chi connectivity index (χ2v) is 4.65. The quantitative estimate of drug-likeness (QED) is 0.921. The number of nitrogens with zero attached hydrogens (tertiary/aromatic N) is 2. The van der Waals surface area contributed by atoms with E-state index in [0.29, 0.717) is 5.13 Å². The Morgan fingerprint density at radius 3 is 2.80 bits per heavy atom. The van der Waals surface area contributed by atoms with Crippen molar-refractivity contribution >= 4 is 32.4 Å². The first-order valence-corrected chi connectivity index (χ1v) is 5.74. The molecule has 0 aliphatic rings. The van der Waals surface area contributed by atoms with Crippen LogP contribution in [0.1, 0.15) is 0 Å². The lowest BCUT2D eigenvalue weighted by Gasteiger charge is -2.03. The van der Waals surface area contributed by atoms with Crippen LogP contribution < -0.4 is 10.5 Å². The molecule has 0 aliphatic carbocycles. The van der Waals surface area contributed by atoms with Crippen LogP contribution in [0.25, 0.3) is 10.6 Å². The van der Waals surface area contributed by atoms with Crippen molar-refractivity contribution in [2.24, 2.45) is 0 Å². The van der Waals surface area contributed by atoms with Gasteiger partial charge >= 0.3 is 0 Å². The third-order valence-corrected chi connectivity index (χ3v) is 3.32. The van der Waals surface area contributed by atoms with Crippen LogP contribution in [0.15, 0.2) is 22.7 Å². The van der Waals surface area contributed by atoms with E-state index in [1.165, 1.54) is 11.3 Å². The number of nitrogens with two attached hydrogens (primary N) is 1. The number of nitrogen functional groups attached to an aromatic ring is 1. The van der Waals surface area contributed by atoms with E-state index in [0.717, 1.165) is 20.8 Å². The zero-order chi connectivity index (χ0) is 10.8. The highest BCUT2D eigenvalue weighted by Crippen LogP contribution is 2.33. The van der Waals surface area contributed by atoms with Crippen LogP contribution in [0.2, 0.25) is 0 Å². The van der Waals surface area contributed by atoms with E-state index in [9.17, 15) is 0 Å². The molecule has 4 nitrogen and oxygen atoms in total. The lowest BCUT2D eigenvalue weighted by molar-refractivity contribution is 0.415. The molecule has 1 heterocycles. The molecule has 15 heavy (non-hydrogen) atoms. The third-order valence-electron chi connectivity index (χ3n) is 1.84. The van der Waals surface area contributed by atoms with E-state index in [1.54, 1.807) is 7.11 Å². The molecular weight excluding hydrogens is 278 g/mol. The average molecular weight is 286 g/mol. The summed E-state index contributed by atoms with van der Waals surface area (Å²) in [7, 11) is 1.63. The topological polar surface area (TPSA) is 61.0 Å². The molecule has 0 saturated heterocycles. The summed E-state index contributed by atoms with van der Waals surface area (Å²) in [6.45, 7) is 0. The Hall–Kier alpha value is -1.14. The number of anilines is 1. The lowest BCUT2D eigenvalue weighted by Crippen LogP contribution is -1.85. The van der Waals surface area contributed by atoms with Crippen molar-refractivity contribution in [1.82, 2.24) is 10.2 Å². The van der Waals surface area contributed by atoms with Crippen molar-refractivity contribution < 1.29 is 4.74 Å². The van der Waals surface area contributed by atoms with Gasteiger partial charge in [0.2, 0.25) is 5.13 Å². The van der Waals surface area contributed by atoms with Crippen LogP contribution in [-0.4, -0.2) is 17.3 Å². The molecule has 2 rings (SSSR count). The molecule has 2 aromatic rings. The molecule has 1 aromatic heterocycles. The fourth-order valence-corrected chi connectivity index (χ4v) is 2.34. The van der Waals surface area contributed by atoms with Gasteiger partial charge in [-0.15, -0.1) is 10.2 Å². The Morgan fingerprint density at radius 2 is 2.20 bits per heavy atom. The van der Waals surface area contributed by atoms with E-state index in [2.05, 4.69) is 26.1 Å². The van der Waals surface area contributed by atoms with Gasteiger partial charge in [-0.3, -0.25) is 0 Å². The van der Waals surface area contributed by atoms with Gasteiger partial charge in [0.1, 0.15) is 5.75 Å². The zero-order valence-corrected chi connectivity index (χ0v) is 10.3. The number of benzene rings is 1. The van der Waals surface area contributed by atoms with Crippen LogP contribution in [0, 0.1) is 0 Å². The standard InChI is InChI=1S/C9H8BrN3OS/c1-14-5-2-3-7(10)6(4-5)8-12-13-9(11)15-8/h2-4H,1H3,(H2,11,13). The van der Waals surface area contributed by atoms with Crippen LogP contribution in [0.3, 0.4) is 0 Å². The molecule has 0 unspecified atom stereocenters. The molecule has 0 amide bonds. The fourth-order valence-electron chi connectivity index (χ4n) is 1.14. The molecule has 78 valence electrons. The summed E-state index contributed by atoms with van der Waals surface area (Å²) in [5, 5.41) is 8.99. The molecule has 1 aromatic carbocycles. The minimum Gasteiger partial charge on any atom is -0.497 e. The molecular formula is C9H8BrN3OS. The van der Waals surface area contributed by atoms with Crippen molar-refractivity contribution in [3.63, 3.8) is 0 Å². The van der Waals surface area contributed by atoms with E-state index in [4.69, 9.17) is 10.5 Å². The number of methoxy groups -OCH3 is 1. The van der Waals surface area contributed by atoms with Crippen molar-refractivity contribution in [1.29, 1.82) is 0 Å². The maximum atomic E-state index is 5.53. The van der Waals surface area contributed by atoms with Crippen molar-refractivity contribution in [2.45, 2.75) is 0 Å². The Labute approximate surface area is 99.2 Å². The Morgan fingerprint density at radius 1 is 1.40 bits per heavy atom. The molecule has 0 radical (unpaired) electrons. The number of hydrogen-bond acceptors (Lipinski definition) is 5. The van der Waals surface area contributed by atoms with Gasteiger partial charge in [0.25, 0.3) is 0 Å². The van der Waals surface area contributed by atoms with Crippen LogP contribution in [0.4, 0.5) is 5.13 Å². The number of ether oxygens (including phenoxy) is 1. The molecule has 0 fully saturated rings. The SMILES string of the molecule is COc1ccc(Br)c(-c2nnc(N)s2)c1. The monoisotopic (exact) mass is 285 g/mol. The average Bonchev–Trinajstić information content (AvgIpc) is 2.65. The maximum absolute atomic E-state index is 5.53. The smallest absolute Gasteiger partial charge is 0.203 e. The second-order valence-electron chi connectivity index (χ2n) is 2.79. The molecule has 0 atom stereocenters. The molecule has 0 aliphatic heterocycles. The van der Waals surface area contributed by atoms with E-state index < -0.39 is 0 Å². The van der Waals surface area contributed by atoms with E-state index in [1.807, 2.05) is 18.2 Å². The predicted octanol–water partition coefficient (Wildman–Crippen LogP) is 2.56. The van der Waals surface area contributed by atoms with Gasteiger partial charge in [-0.1, -0.05) is 27.3 Å². The van der Waals surface area contributed by atoms with Gasteiger partial charge in [-0.05, 0) is 18.2 Å². The number of hydrogen-bond donors (Lipinski definition) is 1. The van der Waals surface area contributed by atoms with Crippen LogP contribution >= 0.6 is 27.3 Å². The first kappa shape index (κ1) is 10.4. The number of halogens is 1. The van der Waals surface area contributed by atoms with Gasteiger partial charge < -0.3 is 10.5 Å². The van der Waals surface area contributed by atoms with Crippen LogP contribution in [-0.2, 0) is 0 Å². The van der Waals surface area contributed by atoms with Gasteiger partial charge in [-0.2, -0.15) is 0 Å². The molecule has 0 spiro atoms. The van der Waals surface area contributed by atoms with Crippen molar-refractivity contribution in [3.05, 3.63) is 22.7 Å². The highest BCUT2D eigenvalue weighted by molar-refractivity contribution is 9.10. The minimum atomic E-state index is 0.458.